The number of halogens is 2. The first-order valence-electron chi connectivity index (χ1n) is 6.20. The highest BCUT2D eigenvalue weighted by Gasteiger charge is 2.42. The molecule has 3 nitrogen and oxygen atoms in total. The molecule has 0 bridgehead atoms. The van der Waals surface area contributed by atoms with Crippen LogP contribution in [0.4, 0.5) is 8.78 Å². The molecule has 0 saturated carbocycles. The number of carbonyl (C=O) groups excluding carboxylic acids is 1. The van der Waals surface area contributed by atoms with Gasteiger partial charge in [-0.2, -0.15) is 8.78 Å². The summed E-state index contributed by atoms with van der Waals surface area (Å²) >= 11 is 0. The molecule has 0 atom stereocenters. The van der Waals surface area contributed by atoms with E-state index in [1.54, 1.807) is 19.2 Å². The smallest absolute Gasteiger partial charge is 0.381 e. The van der Waals surface area contributed by atoms with Crippen molar-refractivity contribution >= 4 is 5.97 Å². The zero-order valence-electron chi connectivity index (χ0n) is 11.6. The van der Waals surface area contributed by atoms with Crippen molar-refractivity contribution in [2.45, 2.75) is 5.92 Å². The molecule has 0 aliphatic heterocycles. The lowest BCUT2D eigenvalue weighted by atomic mass is 10.0. The van der Waals surface area contributed by atoms with Gasteiger partial charge in [0.15, 0.2) is 0 Å². The van der Waals surface area contributed by atoms with E-state index in [2.05, 4.69) is 4.74 Å². The second-order valence-electron chi connectivity index (χ2n) is 4.37. The Labute approximate surface area is 121 Å². The number of benzene rings is 2. The first-order valence-corrected chi connectivity index (χ1v) is 6.20. The van der Waals surface area contributed by atoms with E-state index in [9.17, 15) is 13.6 Å². The Morgan fingerprint density at radius 1 is 0.905 bits per heavy atom. The zero-order chi connectivity index (χ0) is 15.5. The molecule has 0 fully saturated rings. The Hall–Kier alpha value is -2.43. The van der Waals surface area contributed by atoms with Crippen LogP contribution in [-0.2, 0) is 15.5 Å². The van der Waals surface area contributed by atoms with E-state index in [4.69, 9.17) is 4.74 Å². The van der Waals surface area contributed by atoms with Crippen LogP contribution in [0.1, 0.15) is 5.56 Å². The molecule has 0 unspecified atom stereocenters. The number of methoxy groups -OCH3 is 2. The third-order valence-electron chi connectivity index (χ3n) is 3.11. The van der Waals surface area contributed by atoms with Crippen molar-refractivity contribution in [3.05, 3.63) is 54.1 Å². The normalized spacial score (nSPS) is 11.0. The first kappa shape index (κ1) is 15.0. The molecule has 2 aromatic rings. The summed E-state index contributed by atoms with van der Waals surface area (Å²) in [6.07, 6.45) is 0. The zero-order valence-corrected chi connectivity index (χ0v) is 11.6. The van der Waals surface area contributed by atoms with Gasteiger partial charge < -0.3 is 9.47 Å². The predicted molar refractivity (Wildman–Crippen MR) is 74.3 cm³/mol. The highest BCUT2D eigenvalue weighted by molar-refractivity contribution is 5.79. The standard InChI is InChI=1S/C16H14F2O3/c1-20-14-9-5-12(6-10-14)11-3-7-13(8-4-11)16(17,18)15(19)21-2/h3-10H,1-2H3. The van der Waals surface area contributed by atoms with E-state index >= 15 is 0 Å². The second-order valence-corrected chi connectivity index (χ2v) is 4.37. The Kier molecular flexibility index (Phi) is 4.21. The topological polar surface area (TPSA) is 35.5 Å². The molecule has 0 radical (unpaired) electrons. The summed E-state index contributed by atoms with van der Waals surface area (Å²) in [4.78, 5) is 11.1. The quantitative estimate of drug-likeness (QED) is 0.807. The second kappa shape index (κ2) is 5.91. The van der Waals surface area contributed by atoms with Gasteiger partial charge >= 0.3 is 11.9 Å². The van der Waals surface area contributed by atoms with E-state index in [1.165, 1.54) is 24.3 Å². The lowest BCUT2D eigenvalue weighted by Gasteiger charge is -2.14. The molecule has 5 heteroatoms. The van der Waals surface area contributed by atoms with Gasteiger partial charge in [-0.1, -0.05) is 36.4 Å². The van der Waals surface area contributed by atoms with Crippen LogP contribution >= 0.6 is 0 Å². The van der Waals surface area contributed by atoms with Gasteiger partial charge in [-0.15, -0.1) is 0 Å². The molecule has 0 aromatic heterocycles. The summed E-state index contributed by atoms with van der Waals surface area (Å²) < 4.78 is 36.5. The summed E-state index contributed by atoms with van der Waals surface area (Å²) in [5.41, 5.74) is 1.23. The molecule has 0 saturated heterocycles. The van der Waals surface area contributed by atoms with Gasteiger partial charge in [0.2, 0.25) is 0 Å². The van der Waals surface area contributed by atoms with Crippen molar-refractivity contribution in [2.24, 2.45) is 0 Å². The van der Waals surface area contributed by atoms with Crippen LogP contribution in [0.3, 0.4) is 0 Å². The third-order valence-corrected chi connectivity index (χ3v) is 3.11. The van der Waals surface area contributed by atoms with Crippen LogP contribution in [0, 0.1) is 0 Å². The molecule has 0 heterocycles. The van der Waals surface area contributed by atoms with Gasteiger partial charge in [-0.25, -0.2) is 4.79 Å². The molecule has 0 N–H and O–H groups in total. The average molecular weight is 292 g/mol. The summed E-state index contributed by atoms with van der Waals surface area (Å²) in [5.74, 6) is -4.50. The highest BCUT2D eigenvalue weighted by Crippen LogP contribution is 2.31. The molecule has 2 rings (SSSR count). The molecule has 0 aliphatic rings. The maximum Gasteiger partial charge on any atom is 0.381 e. The van der Waals surface area contributed by atoms with Crippen LogP contribution < -0.4 is 4.74 Å². The maximum atomic E-state index is 13.7. The van der Waals surface area contributed by atoms with E-state index in [0.717, 1.165) is 18.2 Å². The minimum Gasteiger partial charge on any atom is -0.497 e. The SMILES string of the molecule is COC(=O)C(F)(F)c1ccc(-c2ccc(OC)cc2)cc1. The number of esters is 1. The van der Waals surface area contributed by atoms with Crippen LogP contribution in [0.5, 0.6) is 5.75 Å². The van der Waals surface area contributed by atoms with Gasteiger partial charge in [0.05, 0.1) is 14.2 Å². The third kappa shape index (κ3) is 3.02. The van der Waals surface area contributed by atoms with Crippen LogP contribution in [0.15, 0.2) is 48.5 Å². The van der Waals surface area contributed by atoms with Gasteiger partial charge in [0.1, 0.15) is 5.75 Å². The highest BCUT2D eigenvalue weighted by atomic mass is 19.3. The van der Waals surface area contributed by atoms with E-state index < -0.39 is 17.5 Å². The number of ether oxygens (including phenoxy) is 2. The average Bonchev–Trinajstić information content (AvgIpc) is 2.54. The minimum atomic E-state index is -3.65. The fourth-order valence-corrected chi connectivity index (χ4v) is 1.90. The maximum absolute atomic E-state index is 13.7. The molecule has 0 spiro atoms. The Morgan fingerprint density at radius 2 is 1.38 bits per heavy atom. The van der Waals surface area contributed by atoms with Crippen LogP contribution in [0.25, 0.3) is 11.1 Å². The summed E-state index contributed by atoms with van der Waals surface area (Å²) in [6, 6.07) is 12.7. The lowest BCUT2D eigenvalue weighted by molar-refractivity contribution is -0.170. The molecule has 2 aromatic carbocycles. The van der Waals surface area contributed by atoms with Crippen LogP contribution in [0.2, 0.25) is 0 Å². The number of alkyl halides is 2. The van der Waals surface area contributed by atoms with Crippen molar-refractivity contribution in [3.8, 4) is 16.9 Å². The fourth-order valence-electron chi connectivity index (χ4n) is 1.90. The van der Waals surface area contributed by atoms with Gasteiger partial charge in [-0.3, -0.25) is 0 Å². The van der Waals surface area contributed by atoms with E-state index in [1.807, 2.05) is 12.1 Å². The molecule has 21 heavy (non-hydrogen) atoms. The number of hydrogen-bond donors (Lipinski definition) is 0. The van der Waals surface area contributed by atoms with Crippen molar-refractivity contribution in [1.82, 2.24) is 0 Å². The van der Waals surface area contributed by atoms with Crippen LogP contribution in [-0.4, -0.2) is 20.2 Å². The fraction of sp³-hybridized carbons (Fsp3) is 0.188. The number of hydrogen-bond acceptors (Lipinski definition) is 3. The lowest BCUT2D eigenvalue weighted by Crippen LogP contribution is -2.27. The molecular formula is C16H14F2O3. The van der Waals surface area contributed by atoms with Crippen molar-refractivity contribution in [2.75, 3.05) is 14.2 Å². The number of rotatable bonds is 4. The Bertz CT molecular complexity index is 619. The molecular weight excluding hydrogens is 278 g/mol. The van der Waals surface area contributed by atoms with Crippen molar-refractivity contribution in [1.29, 1.82) is 0 Å². The van der Waals surface area contributed by atoms with Gasteiger partial charge in [-0.05, 0) is 23.3 Å². The van der Waals surface area contributed by atoms with Gasteiger partial charge in [0.25, 0.3) is 0 Å². The van der Waals surface area contributed by atoms with Crippen molar-refractivity contribution in [3.63, 3.8) is 0 Å². The Balaban J connectivity index is 2.28. The number of carbonyl (C=O) groups is 1. The molecule has 0 amide bonds. The largest absolute Gasteiger partial charge is 0.497 e. The molecule has 110 valence electrons. The summed E-state index contributed by atoms with van der Waals surface area (Å²) in [7, 11) is 2.50. The summed E-state index contributed by atoms with van der Waals surface area (Å²) in [5, 5.41) is 0. The minimum absolute atomic E-state index is 0.397. The molecule has 0 aliphatic carbocycles. The van der Waals surface area contributed by atoms with E-state index in [-0.39, 0.29) is 0 Å². The summed E-state index contributed by atoms with van der Waals surface area (Å²) in [6.45, 7) is 0. The van der Waals surface area contributed by atoms with E-state index in [0.29, 0.717) is 5.75 Å². The predicted octanol–water partition coefficient (Wildman–Crippen LogP) is 3.63. The van der Waals surface area contributed by atoms with Crippen molar-refractivity contribution < 1.29 is 23.0 Å². The van der Waals surface area contributed by atoms with Gasteiger partial charge in [0, 0.05) is 5.56 Å². The Morgan fingerprint density at radius 3 is 1.81 bits per heavy atom. The first-order chi connectivity index (χ1) is 9.98. The monoisotopic (exact) mass is 292 g/mol.